The fraction of sp³-hybridized carbons (Fsp3) is 0.714. The van der Waals surface area contributed by atoms with Crippen LogP contribution in [-0.2, 0) is 19.3 Å². The van der Waals surface area contributed by atoms with Crippen molar-refractivity contribution in [2.24, 2.45) is 0 Å². The number of ether oxygens (including phenoxy) is 1. The number of hydrogen-bond acceptors (Lipinski definition) is 5. The van der Waals surface area contributed by atoms with Gasteiger partial charge in [-0.05, 0) is 13.8 Å². The minimum Gasteiger partial charge on any atom is -0.466 e. The lowest BCUT2D eigenvalue weighted by molar-refractivity contribution is -0.220. The van der Waals surface area contributed by atoms with Gasteiger partial charge >= 0.3 is 5.97 Å². The van der Waals surface area contributed by atoms with E-state index in [1.165, 1.54) is 0 Å². The number of carbonyl (C=O) groups excluding carboxylic acids is 1. The molecule has 0 aromatic rings. The van der Waals surface area contributed by atoms with Crippen LogP contribution in [0.4, 0.5) is 0 Å². The van der Waals surface area contributed by atoms with Crippen LogP contribution in [-0.4, -0.2) is 25.1 Å². The zero-order valence-corrected chi connectivity index (χ0v) is 7.25. The highest BCUT2D eigenvalue weighted by Crippen LogP contribution is 1.91. The summed E-state index contributed by atoms with van der Waals surface area (Å²) in [6, 6.07) is 0. The van der Waals surface area contributed by atoms with Crippen LogP contribution in [0, 0.1) is 5.41 Å². The Morgan fingerprint density at radius 3 is 2.50 bits per heavy atom. The Balaban J connectivity index is 3.47. The van der Waals surface area contributed by atoms with Crippen molar-refractivity contribution in [2.45, 2.75) is 20.3 Å². The molecule has 1 N–H and O–H groups in total. The molecule has 0 unspecified atom stereocenters. The lowest BCUT2D eigenvalue weighted by Gasteiger charge is -2.03. The average Bonchev–Trinajstić information content (AvgIpc) is 2.01. The lowest BCUT2D eigenvalue weighted by atomic mass is 10.4. The molecule has 0 heterocycles. The lowest BCUT2D eigenvalue weighted by Crippen LogP contribution is -2.13. The largest absolute Gasteiger partial charge is 0.466 e. The first-order valence-corrected chi connectivity index (χ1v) is 3.73. The molecule has 0 fully saturated rings. The maximum atomic E-state index is 10.7. The summed E-state index contributed by atoms with van der Waals surface area (Å²) < 4.78 is 4.58. The molecule has 0 atom stereocenters. The topological polar surface area (TPSA) is 68.6 Å². The molecule has 12 heavy (non-hydrogen) atoms. The summed E-state index contributed by atoms with van der Waals surface area (Å²) in [4.78, 5) is 19.6. The smallest absolute Gasteiger partial charge is 0.315 e. The van der Waals surface area contributed by atoms with Crippen LogP contribution in [0.5, 0.6) is 0 Å². The van der Waals surface area contributed by atoms with Crippen LogP contribution >= 0.6 is 0 Å². The fourth-order valence-electron chi connectivity index (χ4n) is 0.503. The second-order valence-corrected chi connectivity index (χ2v) is 1.89. The van der Waals surface area contributed by atoms with Gasteiger partial charge in [-0.3, -0.25) is 10.2 Å². The Kier molecular flexibility index (Phi) is 6.00. The van der Waals surface area contributed by atoms with E-state index in [0.29, 0.717) is 13.2 Å². The van der Waals surface area contributed by atoms with E-state index in [0.717, 1.165) is 0 Å². The third-order valence-electron chi connectivity index (χ3n) is 0.888. The molecule has 0 amide bonds. The van der Waals surface area contributed by atoms with Crippen LogP contribution in [0.1, 0.15) is 20.3 Å². The van der Waals surface area contributed by atoms with Crippen LogP contribution in [0.3, 0.4) is 0 Å². The minimum absolute atomic E-state index is 0.187. The third kappa shape index (κ3) is 5.67. The Morgan fingerprint density at radius 2 is 2.00 bits per heavy atom. The van der Waals surface area contributed by atoms with E-state index in [4.69, 9.17) is 5.41 Å². The molecule has 0 aliphatic rings. The Hall–Kier alpha value is -1.10. The van der Waals surface area contributed by atoms with E-state index < -0.39 is 5.97 Å². The molecular formula is C7H13NO4. The van der Waals surface area contributed by atoms with Crippen LogP contribution in [0.2, 0.25) is 0 Å². The van der Waals surface area contributed by atoms with Crippen molar-refractivity contribution in [3.05, 3.63) is 0 Å². The van der Waals surface area contributed by atoms with Crippen LogP contribution < -0.4 is 0 Å². The predicted octanol–water partition coefficient (Wildman–Crippen LogP) is 0.885. The van der Waals surface area contributed by atoms with E-state index in [-0.39, 0.29) is 12.3 Å². The van der Waals surface area contributed by atoms with Gasteiger partial charge in [0.2, 0.25) is 5.90 Å². The monoisotopic (exact) mass is 175 g/mol. The molecule has 0 aromatic heterocycles. The summed E-state index contributed by atoms with van der Waals surface area (Å²) in [5.74, 6) is -0.725. The molecule has 5 heteroatoms. The number of nitrogens with one attached hydrogen (secondary N) is 1. The highest BCUT2D eigenvalue weighted by atomic mass is 17.2. The second-order valence-electron chi connectivity index (χ2n) is 1.89. The molecule has 0 saturated heterocycles. The zero-order chi connectivity index (χ0) is 9.40. The number of rotatable bonds is 5. The maximum Gasteiger partial charge on any atom is 0.315 e. The van der Waals surface area contributed by atoms with Gasteiger partial charge in [-0.25, -0.2) is 0 Å². The van der Waals surface area contributed by atoms with Crippen molar-refractivity contribution < 1.29 is 19.3 Å². The van der Waals surface area contributed by atoms with Crippen molar-refractivity contribution in [3.8, 4) is 0 Å². The Bertz CT molecular complexity index is 157. The SMILES string of the molecule is CCOOC(=N)CC(=O)OCC. The average molecular weight is 175 g/mol. The summed E-state index contributed by atoms with van der Waals surface area (Å²) in [5.41, 5.74) is 0. The first kappa shape index (κ1) is 10.9. The number of carbonyl (C=O) groups is 1. The van der Waals surface area contributed by atoms with Gasteiger partial charge in [-0.15, -0.1) is 0 Å². The highest BCUT2D eigenvalue weighted by molar-refractivity contribution is 5.92. The van der Waals surface area contributed by atoms with Gasteiger partial charge in [0.25, 0.3) is 0 Å². The first-order valence-electron chi connectivity index (χ1n) is 3.73. The molecule has 0 bridgehead atoms. The van der Waals surface area contributed by atoms with Gasteiger partial charge in [-0.2, -0.15) is 4.89 Å². The van der Waals surface area contributed by atoms with Crippen molar-refractivity contribution in [3.63, 3.8) is 0 Å². The van der Waals surface area contributed by atoms with E-state index in [2.05, 4.69) is 14.5 Å². The molecule has 0 rings (SSSR count). The van der Waals surface area contributed by atoms with E-state index in [1.54, 1.807) is 13.8 Å². The molecule has 0 aliphatic carbocycles. The molecule has 0 aliphatic heterocycles. The van der Waals surface area contributed by atoms with Gasteiger partial charge < -0.3 is 9.62 Å². The molecule has 0 spiro atoms. The predicted molar refractivity (Wildman–Crippen MR) is 41.7 cm³/mol. The van der Waals surface area contributed by atoms with Crippen molar-refractivity contribution in [1.29, 1.82) is 5.41 Å². The van der Waals surface area contributed by atoms with Crippen molar-refractivity contribution in [1.82, 2.24) is 0 Å². The van der Waals surface area contributed by atoms with Crippen molar-refractivity contribution >= 4 is 11.9 Å². The summed E-state index contributed by atoms with van der Waals surface area (Å²) in [7, 11) is 0. The molecule has 70 valence electrons. The second kappa shape index (κ2) is 6.60. The number of esters is 1. The molecule has 5 nitrogen and oxygen atoms in total. The minimum atomic E-state index is -0.484. The highest BCUT2D eigenvalue weighted by Gasteiger charge is 2.08. The summed E-state index contributed by atoms with van der Waals surface area (Å²) >= 11 is 0. The van der Waals surface area contributed by atoms with E-state index >= 15 is 0 Å². The molecule has 0 aromatic carbocycles. The fourth-order valence-corrected chi connectivity index (χ4v) is 0.503. The quantitative estimate of drug-likeness (QED) is 0.221. The number of hydrogen-bond donors (Lipinski definition) is 1. The summed E-state index contributed by atoms with van der Waals surface area (Å²) in [6.07, 6.45) is -0.187. The zero-order valence-electron chi connectivity index (χ0n) is 7.25. The van der Waals surface area contributed by atoms with Crippen LogP contribution in [0.15, 0.2) is 0 Å². The van der Waals surface area contributed by atoms with Crippen LogP contribution in [0.25, 0.3) is 0 Å². The standard InChI is InChI=1S/C7H13NO4/c1-3-10-7(9)5-6(8)12-11-4-2/h8H,3-5H2,1-2H3. The summed E-state index contributed by atoms with van der Waals surface area (Å²) in [6.45, 7) is 4.06. The Morgan fingerprint density at radius 1 is 1.33 bits per heavy atom. The molecule has 0 saturated carbocycles. The third-order valence-corrected chi connectivity index (χ3v) is 0.888. The van der Waals surface area contributed by atoms with Crippen molar-refractivity contribution in [2.75, 3.05) is 13.2 Å². The Labute approximate surface area is 71.0 Å². The maximum absolute atomic E-state index is 10.7. The van der Waals surface area contributed by atoms with Gasteiger partial charge in [0.1, 0.15) is 6.42 Å². The normalized spacial score (nSPS) is 9.17. The van der Waals surface area contributed by atoms with Gasteiger partial charge in [0.15, 0.2) is 0 Å². The van der Waals surface area contributed by atoms with E-state index in [1.807, 2.05) is 0 Å². The van der Waals surface area contributed by atoms with Gasteiger partial charge in [-0.1, -0.05) is 0 Å². The van der Waals surface area contributed by atoms with Gasteiger partial charge in [0.05, 0.1) is 13.2 Å². The first-order chi connectivity index (χ1) is 5.70. The van der Waals surface area contributed by atoms with E-state index in [9.17, 15) is 4.79 Å². The summed E-state index contributed by atoms with van der Waals surface area (Å²) in [5, 5.41) is 7.05. The molecular weight excluding hydrogens is 162 g/mol. The van der Waals surface area contributed by atoms with Gasteiger partial charge in [0, 0.05) is 0 Å². The molecule has 0 radical (unpaired) electrons.